The van der Waals surface area contributed by atoms with Crippen molar-refractivity contribution < 1.29 is 31.8 Å². The number of nitrogens with zero attached hydrogens (tertiary/aromatic N) is 4. The van der Waals surface area contributed by atoms with Crippen LogP contribution in [0.3, 0.4) is 0 Å². The molecular weight excluding hydrogens is 498 g/mol. The summed E-state index contributed by atoms with van der Waals surface area (Å²) in [6, 6.07) is 3.28. The van der Waals surface area contributed by atoms with E-state index in [2.05, 4.69) is 35.5 Å². The van der Waals surface area contributed by atoms with Crippen LogP contribution in [0.4, 0.5) is 34.1 Å². The molecule has 2 fully saturated rings. The number of aromatic amines is 1. The lowest BCUT2D eigenvalue weighted by molar-refractivity contribution is -0.330. The van der Waals surface area contributed by atoms with Gasteiger partial charge in [0.2, 0.25) is 5.95 Å². The highest BCUT2D eigenvalue weighted by Gasteiger charge is 2.41. The van der Waals surface area contributed by atoms with E-state index in [1.807, 2.05) is 0 Å². The minimum Gasteiger partial charge on any atom is -0.443 e. The largest absolute Gasteiger partial charge is 0.522 e. The molecule has 5 rings (SSSR count). The number of imidazole rings is 1. The van der Waals surface area contributed by atoms with Crippen LogP contribution in [0, 0.1) is 0 Å². The number of carbonyl (C=O) groups is 1. The number of carbonyl (C=O) groups excluding carboxylic acids is 1. The zero-order valence-corrected chi connectivity index (χ0v) is 20.2. The zero-order chi connectivity index (χ0) is 26.3. The number of ether oxygens (including phenoxy) is 2. The van der Waals surface area contributed by atoms with Crippen molar-refractivity contribution in [1.29, 1.82) is 0 Å². The van der Waals surface area contributed by atoms with Crippen molar-refractivity contribution in [3.8, 4) is 0 Å². The Morgan fingerprint density at radius 3 is 2.70 bits per heavy atom. The maximum absolute atomic E-state index is 15.1. The van der Waals surface area contributed by atoms with Crippen molar-refractivity contribution >= 4 is 23.5 Å². The van der Waals surface area contributed by atoms with Gasteiger partial charge in [-0.25, -0.2) is 19.2 Å². The van der Waals surface area contributed by atoms with Crippen LogP contribution in [0.25, 0.3) is 5.65 Å². The van der Waals surface area contributed by atoms with Crippen LogP contribution >= 0.6 is 0 Å². The molecule has 1 amide bonds. The summed E-state index contributed by atoms with van der Waals surface area (Å²) >= 11 is 0. The van der Waals surface area contributed by atoms with E-state index < -0.39 is 37.3 Å². The molecule has 0 saturated heterocycles. The summed E-state index contributed by atoms with van der Waals surface area (Å²) in [6.45, 7) is 2.84. The molecule has 0 unspecified atom stereocenters. The maximum atomic E-state index is 15.1. The SMILES string of the molecule is CC(C)NC(=O)O[C@H]1CC[C@@H](c2cc(Nc3nc(C4CC4)cc4nc(COC(F)(F)F)cn34)n[nH]2)[C@@H]1F. The first-order chi connectivity index (χ1) is 17.6. The Bertz CT molecular complexity index is 1270. The lowest BCUT2D eigenvalue weighted by atomic mass is 10.0. The normalized spacial score (nSPS) is 22.1. The third-order valence-corrected chi connectivity index (χ3v) is 6.31. The fourth-order valence-electron chi connectivity index (χ4n) is 4.44. The first-order valence-electron chi connectivity index (χ1n) is 12.1. The smallest absolute Gasteiger partial charge is 0.443 e. The number of alkyl halides is 4. The first-order valence-corrected chi connectivity index (χ1v) is 12.1. The number of anilines is 2. The minimum absolute atomic E-state index is 0.0941. The zero-order valence-electron chi connectivity index (χ0n) is 20.2. The molecule has 200 valence electrons. The van der Waals surface area contributed by atoms with E-state index in [1.54, 1.807) is 26.0 Å². The molecule has 0 radical (unpaired) electrons. The van der Waals surface area contributed by atoms with Crippen molar-refractivity contribution in [2.24, 2.45) is 0 Å². The lowest BCUT2D eigenvalue weighted by Crippen LogP contribution is -2.36. The van der Waals surface area contributed by atoms with Gasteiger partial charge in [-0.15, -0.1) is 13.2 Å². The van der Waals surface area contributed by atoms with Crippen LogP contribution in [-0.2, 0) is 16.1 Å². The molecule has 0 aromatic carbocycles. The second-order valence-electron chi connectivity index (χ2n) is 9.68. The molecule has 14 heteroatoms. The summed E-state index contributed by atoms with van der Waals surface area (Å²) in [5.74, 6) is 0.401. The lowest BCUT2D eigenvalue weighted by Gasteiger charge is -2.18. The summed E-state index contributed by atoms with van der Waals surface area (Å²) in [5, 5.41) is 12.7. The summed E-state index contributed by atoms with van der Waals surface area (Å²) in [6.07, 6.45) is -3.48. The van der Waals surface area contributed by atoms with Crippen LogP contribution in [0.1, 0.15) is 68.4 Å². The summed E-state index contributed by atoms with van der Waals surface area (Å²) in [4.78, 5) is 20.8. The molecule has 10 nitrogen and oxygen atoms in total. The van der Waals surface area contributed by atoms with Gasteiger partial charge < -0.3 is 15.4 Å². The Kier molecular flexibility index (Phi) is 6.68. The van der Waals surface area contributed by atoms with E-state index in [0.29, 0.717) is 35.9 Å². The number of H-pyrrole nitrogens is 1. The van der Waals surface area contributed by atoms with Crippen LogP contribution in [0.2, 0.25) is 0 Å². The molecule has 37 heavy (non-hydrogen) atoms. The first kappa shape index (κ1) is 25.2. The van der Waals surface area contributed by atoms with Gasteiger partial charge in [-0.2, -0.15) is 5.10 Å². The van der Waals surface area contributed by atoms with Crippen molar-refractivity contribution in [2.45, 2.75) is 82.7 Å². The van der Waals surface area contributed by atoms with Crippen LogP contribution in [0.5, 0.6) is 0 Å². The second-order valence-corrected chi connectivity index (χ2v) is 9.68. The van der Waals surface area contributed by atoms with Gasteiger partial charge >= 0.3 is 12.5 Å². The van der Waals surface area contributed by atoms with Gasteiger partial charge in [-0.05, 0) is 39.5 Å². The van der Waals surface area contributed by atoms with Crippen molar-refractivity contribution in [3.05, 3.63) is 35.4 Å². The second kappa shape index (κ2) is 9.80. The highest BCUT2D eigenvalue weighted by Crippen LogP contribution is 2.41. The van der Waals surface area contributed by atoms with E-state index in [1.165, 1.54) is 10.6 Å². The number of nitrogens with one attached hydrogen (secondary N) is 3. The molecule has 0 bridgehead atoms. The van der Waals surface area contributed by atoms with Crippen LogP contribution in [-0.4, -0.2) is 55.3 Å². The summed E-state index contributed by atoms with van der Waals surface area (Å²) in [5.41, 5.74) is 1.83. The summed E-state index contributed by atoms with van der Waals surface area (Å²) in [7, 11) is 0. The quantitative estimate of drug-likeness (QED) is 0.361. The van der Waals surface area contributed by atoms with Gasteiger partial charge in [-0.1, -0.05) is 0 Å². The van der Waals surface area contributed by atoms with E-state index in [4.69, 9.17) is 4.74 Å². The van der Waals surface area contributed by atoms with Gasteiger partial charge in [0.15, 0.2) is 5.82 Å². The van der Waals surface area contributed by atoms with Gasteiger partial charge in [-0.3, -0.25) is 14.2 Å². The molecule has 3 aromatic rings. The average Bonchev–Trinajstić information content (AvgIpc) is 3.25. The molecule has 2 aliphatic rings. The number of hydrogen-bond acceptors (Lipinski definition) is 7. The molecule has 3 atom stereocenters. The Morgan fingerprint density at radius 1 is 1.22 bits per heavy atom. The molecular formula is C23H27F4N7O3. The van der Waals surface area contributed by atoms with Gasteiger partial charge in [0.1, 0.15) is 17.9 Å². The van der Waals surface area contributed by atoms with E-state index in [-0.39, 0.29) is 17.7 Å². The standard InChI is InChI=1S/C23H27F4N7O3/c1-11(2)28-22(35)37-17-6-5-14(20(17)24)16-7-18(33-32-16)31-21-30-15(12-3-4-12)8-19-29-13(9-34(19)21)10-36-23(25,26)27/h7-9,11-12,14,17,20H,3-6,10H2,1-2H3,(H,28,35)(H2,30,31,32,33)/t14-,17-,20-/m0/s1. The van der Waals surface area contributed by atoms with Crippen molar-refractivity contribution in [3.63, 3.8) is 0 Å². The highest BCUT2D eigenvalue weighted by atomic mass is 19.4. The topological polar surface area (TPSA) is 118 Å². The monoisotopic (exact) mass is 525 g/mol. The van der Waals surface area contributed by atoms with Crippen LogP contribution < -0.4 is 10.6 Å². The van der Waals surface area contributed by atoms with Crippen molar-refractivity contribution in [2.75, 3.05) is 5.32 Å². The molecule has 3 aromatic heterocycles. The fraction of sp³-hybridized carbons (Fsp3) is 0.565. The minimum atomic E-state index is -4.77. The molecule has 3 N–H and O–H groups in total. The molecule has 0 aliphatic heterocycles. The Labute approximate surface area is 209 Å². The number of hydrogen-bond donors (Lipinski definition) is 3. The van der Waals surface area contributed by atoms with E-state index >= 15 is 4.39 Å². The third-order valence-electron chi connectivity index (χ3n) is 6.31. The molecule has 2 saturated carbocycles. The summed E-state index contributed by atoms with van der Waals surface area (Å²) < 4.78 is 63.2. The number of alkyl carbamates (subject to hydrolysis) is 1. The van der Waals surface area contributed by atoms with E-state index in [0.717, 1.165) is 18.5 Å². The highest BCUT2D eigenvalue weighted by molar-refractivity contribution is 5.67. The van der Waals surface area contributed by atoms with Crippen LogP contribution in [0.15, 0.2) is 18.3 Å². The number of amides is 1. The number of halogens is 4. The predicted octanol–water partition coefficient (Wildman–Crippen LogP) is 4.83. The average molecular weight is 526 g/mol. The van der Waals surface area contributed by atoms with Gasteiger partial charge in [0.05, 0.1) is 18.0 Å². The Balaban J connectivity index is 1.32. The Hall–Kier alpha value is -3.42. The fourth-order valence-corrected chi connectivity index (χ4v) is 4.44. The van der Waals surface area contributed by atoms with Gasteiger partial charge in [0.25, 0.3) is 0 Å². The number of fused-ring (bicyclic) bond motifs is 1. The number of rotatable bonds is 8. The van der Waals surface area contributed by atoms with Gasteiger partial charge in [0, 0.05) is 41.9 Å². The molecule has 3 heterocycles. The predicted molar refractivity (Wildman–Crippen MR) is 123 cm³/mol. The third kappa shape index (κ3) is 5.95. The van der Waals surface area contributed by atoms with E-state index in [9.17, 15) is 18.0 Å². The van der Waals surface area contributed by atoms with Crippen molar-refractivity contribution in [1.82, 2.24) is 29.9 Å². The number of aromatic nitrogens is 5. The molecule has 2 aliphatic carbocycles. The molecule has 0 spiro atoms. The Morgan fingerprint density at radius 2 is 2.00 bits per heavy atom. The maximum Gasteiger partial charge on any atom is 0.522 e.